The van der Waals surface area contributed by atoms with Crippen molar-refractivity contribution >= 4 is 12.0 Å². The third-order valence-electron chi connectivity index (χ3n) is 6.94. The summed E-state index contributed by atoms with van der Waals surface area (Å²) < 4.78 is 70.0. The van der Waals surface area contributed by atoms with Gasteiger partial charge in [-0.05, 0) is 56.3 Å². The fourth-order valence-corrected chi connectivity index (χ4v) is 4.95. The molecule has 0 unspecified atom stereocenters. The van der Waals surface area contributed by atoms with E-state index in [4.69, 9.17) is 14.2 Å². The van der Waals surface area contributed by atoms with Crippen molar-refractivity contribution in [3.8, 4) is 5.88 Å². The van der Waals surface area contributed by atoms with E-state index in [1.54, 1.807) is 6.20 Å². The van der Waals surface area contributed by atoms with Gasteiger partial charge in [0.05, 0.1) is 11.6 Å². The van der Waals surface area contributed by atoms with E-state index in [9.17, 15) is 22.4 Å². The van der Waals surface area contributed by atoms with Crippen LogP contribution >= 0.6 is 0 Å². The lowest BCUT2D eigenvalue weighted by atomic mass is 9.96. The van der Waals surface area contributed by atoms with E-state index >= 15 is 0 Å². The number of nitrogens with zero attached hydrogens (tertiary/aromatic N) is 2. The van der Waals surface area contributed by atoms with Crippen LogP contribution in [-0.2, 0) is 22.1 Å². The molecule has 4 heterocycles. The Kier molecular flexibility index (Phi) is 7.84. The molecule has 13 heteroatoms. The van der Waals surface area contributed by atoms with E-state index < -0.39 is 36.0 Å². The maximum absolute atomic E-state index is 14.3. The molecule has 0 spiro atoms. The van der Waals surface area contributed by atoms with Crippen LogP contribution in [0.4, 0.5) is 28.3 Å². The van der Waals surface area contributed by atoms with E-state index in [-0.39, 0.29) is 17.6 Å². The average molecular weight is 540 g/mol. The molecule has 2 aromatic rings. The Bertz CT molecular complexity index is 1140. The minimum absolute atomic E-state index is 0.194. The van der Waals surface area contributed by atoms with E-state index in [1.165, 1.54) is 6.07 Å². The number of ether oxygens (including phenoxy) is 3. The van der Waals surface area contributed by atoms with E-state index in [0.717, 1.165) is 30.9 Å². The highest BCUT2D eigenvalue weighted by Gasteiger charge is 2.36. The number of nitrogens with one attached hydrogen (secondary N) is 3. The maximum Gasteiger partial charge on any atom is 0.419 e. The Morgan fingerprint density at radius 1 is 1.18 bits per heavy atom. The zero-order valence-electron chi connectivity index (χ0n) is 20.5. The zero-order valence-corrected chi connectivity index (χ0v) is 20.5. The van der Waals surface area contributed by atoms with Crippen LogP contribution in [0.15, 0.2) is 24.4 Å². The fraction of sp³-hybridized carbons (Fsp3) is 0.560. The molecule has 38 heavy (non-hydrogen) atoms. The summed E-state index contributed by atoms with van der Waals surface area (Å²) in [6.07, 6.45) is -0.827. The molecule has 3 aliphatic rings. The van der Waals surface area contributed by atoms with E-state index in [1.807, 2.05) is 0 Å². The van der Waals surface area contributed by atoms with Crippen molar-refractivity contribution in [1.29, 1.82) is 0 Å². The van der Waals surface area contributed by atoms with Gasteiger partial charge in [0, 0.05) is 43.5 Å². The molecule has 0 saturated carbocycles. The number of anilines is 1. The van der Waals surface area contributed by atoms with Crippen LogP contribution in [0.25, 0.3) is 0 Å². The van der Waals surface area contributed by atoms with Gasteiger partial charge in [0.2, 0.25) is 18.1 Å². The number of alkyl carbamates (subject to hydrolysis) is 1. The van der Waals surface area contributed by atoms with Crippen LogP contribution in [0.3, 0.4) is 0 Å². The third-order valence-corrected chi connectivity index (χ3v) is 6.94. The van der Waals surface area contributed by atoms with Crippen molar-refractivity contribution in [3.05, 3.63) is 46.9 Å². The van der Waals surface area contributed by atoms with Gasteiger partial charge in [-0.15, -0.1) is 0 Å². The summed E-state index contributed by atoms with van der Waals surface area (Å²) >= 11 is 0. The van der Waals surface area contributed by atoms with Gasteiger partial charge in [0.15, 0.2) is 0 Å². The average Bonchev–Trinajstić information content (AvgIpc) is 3.42. The lowest BCUT2D eigenvalue weighted by Crippen LogP contribution is -2.43. The number of halogens is 4. The molecule has 2 fully saturated rings. The first kappa shape index (κ1) is 26.4. The first-order chi connectivity index (χ1) is 18.3. The van der Waals surface area contributed by atoms with Crippen molar-refractivity contribution in [2.45, 2.75) is 69.1 Å². The van der Waals surface area contributed by atoms with Crippen LogP contribution in [0.5, 0.6) is 5.88 Å². The second kappa shape index (κ2) is 11.3. The lowest BCUT2D eigenvalue weighted by Gasteiger charge is -2.29. The summed E-state index contributed by atoms with van der Waals surface area (Å²) in [7, 11) is 0. The number of hydrogen-bond donors (Lipinski definition) is 3. The number of fused-ring (bicyclic) bond motifs is 1. The van der Waals surface area contributed by atoms with Crippen LogP contribution < -0.4 is 20.7 Å². The van der Waals surface area contributed by atoms with Crippen LogP contribution in [0, 0.1) is 5.82 Å². The van der Waals surface area contributed by atoms with Gasteiger partial charge in [-0.25, -0.2) is 14.2 Å². The Balaban J connectivity index is 1.24. The highest BCUT2D eigenvalue weighted by Crippen LogP contribution is 2.34. The minimum atomic E-state index is -4.81. The van der Waals surface area contributed by atoms with Gasteiger partial charge >= 0.3 is 12.3 Å². The van der Waals surface area contributed by atoms with Crippen LogP contribution in [-0.4, -0.2) is 54.2 Å². The number of carbonyl (C=O) groups is 1. The lowest BCUT2D eigenvalue weighted by molar-refractivity contribution is -0.140. The number of carbonyl (C=O) groups excluding carboxylic acids is 1. The molecular weight excluding hydrogens is 510 g/mol. The molecular formula is C25H29F4N5O4. The number of amides is 1. The van der Waals surface area contributed by atoms with E-state index in [2.05, 4.69) is 25.9 Å². The summed E-state index contributed by atoms with van der Waals surface area (Å²) in [4.78, 5) is 21.6. The Morgan fingerprint density at radius 2 is 2.00 bits per heavy atom. The largest absolute Gasteiger partial charge is 0.437 e. The second-order valence-corrected chi connectivity index (χ2v) is 9.61. The van der Waals surface area contributed by atoms with Gasteiger partial charge < -0.3 is 30.2 Å². The van der Waals surface area contributed by atoms with Crippen molar-refractivity contribution in [3.63, 3.8) is 0 Å². The topological polar surface area (TPSA) is 107 Å². The summed E-state index contributed by atoms with van der Waals surface area (Å²) in [5, 5.41) is 9.16. The molecule has 1 amide bonds. The first-order valence-electron chi connectivity index (χ1n) is 12.7. The number of aryl methyl sites for hydroxylation is 1. The predicted octanol–water partition coefficient (Wildman–Crippen LogP) is 4.10. The molecule has 9 nitrogen and oxygen atoms in total. The number of hydrogen-bond acceptors (Lipinski definition) is 8. The van der Waals surface area contributed by atoms with Gasteiger partial charge in [0.1, 0.15) is 5.82 Å². The van der Waals surface area contributed by atoms with Gasteiger partial charge in [0.25, 0.3) is 0 Å². The predicted molar refractivity (Wildman–Crippen MR) is 127 cm³/mol. The Hall–Kier alpha value is -3.19. The van der Waals surface area contributed by atoms with Crippen molar-refractivity contribution in [2.24, 2.45) is 0 Å². The molecule has 206 valence electrons. The van der Waals surface area contributed by atoms with E-state index in [0.29, 0.717) is 56.9 Å². The summed E-state index contributed by atoms with van der Waals surface area (Å²) in [5.74, 6) is -0.667. The summed E-state index contributed by atoms with van der Waals surface area (Å²) in [6, 6.07) is 1.78. The number of rotatable bonds is 6. The third kappa shape index (κ3) is 6.26. The number of benzene rings is 1. The number of alkyl halides is 3. The standard InChI is InChI=1S/C25H29F4N5O4/c26-18-12-14(3-5-17(18)25(27,28)29)21(19-2-1-9-30-19)33-24(35)38-20-6-4-15-13-31-23(34-22(15)37-20)32-16-7-10-36-11-8-16/h3,5,12-13,16,19-21,30H,1-2,4,6-11H2,(H,33,35)(H,31,32,34)/t19-,20+,21-/m0/s1. The zero-order chi connectivity index (χ0) is 26.7. The fourth-order valence-electron chi connectivity index (χ4n) is 4.95. The highest BCUT2D eigenvalue weighted by atomic mass is 19.4. The quantitative estimate of drug-likeness (QED) is 0.472. The molecule has 0 radical (unpaired) electrons. The van der Waals surface area contributed by atoms with Gasteiger partial charge in [-0.3, -0.25) is 0 Å². The van der Waals surface area contributed by atoms with Crippen LogP contribution in [0.1, 0.15) is 54.8 Å². The monoisotopic (exact) mass is 539 g/mol. The molecule has 3 aliphatic heterocycles. The molecule has 3 atom stereocenters. The van der Waals surface area contributed by atoms with Crippen molar-refractivity contribution in [1.82, 2.24) is 20.6 Å². The highest BCUT2D eigenvalue weighted by molar-refractivity contribution is 5.68. The Morgan fingerprint density at radius 3 is 2.71 bits per heavy atom. The second-order valence-electron chi connectivity index (χ2n) is 9.61. The number of aromatic nitrogens is 2. The Labute approximate surface area is 216 Å². The van der Waals surface area contributed by atoms with Crippen molar-refractivity contribution < 1.29 is 36.6 Å². The van der Waals surface area contributed by atoms with Gasteiger partial charge in [-0.1, -0.05) is 6.07 Å². The molecule has 1 aromatic heterocycles. The molecule has 1 aromatic carbocycles. The SMILES string of the molecule is O=C(N[C@@H](c1ccc(C(F)(F)F)c(F)c1)[C@@H]1CCCN1)O[C@@H]1CCc2cnc(NC3CCOCC3)nc2O1. The first-order valence-corrected chi connectivity index (χ1v) is 12.7. The summed E-state index contributed by atoms with van der Waals surface area (Å²) in [6.45, 7) is 2.01. The molecule has 0 bridgehead atoms. The molecule has 3 N–H and O–H groups in total. The van der Waals surface area contributed by atoms with Crippen molar-refractivity contribution in [2.75, 3.05) is 25.1 Å². The molecule has 2 saturated heterocycles. The normalized spacial score (nSPS) is 22.7. The molecule has 5 rings (SSSR count). The molecule has 0 aliphatic carbocycles. The summed E-state index contributed by atoms with van der Waals surface area (Å²) in [5.41, 5.74) is -0.363. The van der Waals surface area contributed by atoms with Gasteiger partial charge in [-0.2, -0.15) is 18.2 Å². The minimum Gasteiger partial charge on any atom is -0.437 e. The maximum atomic E-state index is 14.3. The smallest absolute Gasteiger partial charge is 0.419 e. The van der Waals surface area contributed by atoms with Crippen LogP contribution in [0.2, 0.25) is 0 Å².